The van der Waals surface area contributed by atoms with Crippen LogP contribution >= 0.6 is 62.5 Å². The van der Waals surface area contributed by atoms with E-state index >= 15 is 0 Å². The molecule has 0 saturated heterocycles. The molecule has 0 aromatic heterocycles. The fourth-order valence-electron chi connectivity index (χ4n) is 7.16. The molecule has 36 nitrogen and oxygen atoms in total. The van der Waals surface area contributed by atoms with E-state index in [-0.39, 0.29) is 120 Å². The van der Waals surface area contributed by atoms with Crippen molar-refractivity contribution in [2.75, 3.05) is 39.3 Å². The van der Waals surface area contributed by atoms with Gasteiger partial charge in [-0.15, -0.1) is 0 Å². The van der Waals surface area contributed by atoms with Crippen molar-refractivity contribution in [3.8, 4) is 0 Å². The van der Waals surface area contributed by atoms with Gasteiger partial charge in [0, 0.05) is 0 Å². The van der Waals surface area contributed by atoms with Crippen LogP contribution in [0, 0.1) is 5.92 Å². The van der Waals surface area contributed by atoms with Crippen LogP contribution in [0.25, 0.3) is 0 Å². The molecule has 0 heterocycles. The predicted octanol–water partition coefficient (Wildman–Crippen LogP) is -21.4. The molecule has 0 spiro atoms. The van der Waals surface area contributed by atoms with E-state index < -0.39 is 286 Å². The first-order chi connectivity index (χ1) is 59.0. The molecule has 50 heteroatoms. The van der Waals surface area contributed by atoms with Crippen LogP contribution in [0.2, 0.25) is 0 Å². The zero-order chi connectivity index (χ0) is 96.0. The summed E-state index contributed by atoms with van der Waals surface area (Å²) in [6, 6.07) is 25.1. The van der Waals surface area contributed by atoms with Crippen LogP contribution in [0.5, 0.6) is 0 Å². The minimum absolute atomic E-state index is 0.0107. The van der Waals surface area contributed by atoms with Gasteiger partial charge in [0.15, 0.2) is 0 Å². The van der Waals surface area contributed by atoms with E-state index in [9.17, 15) is 96.5 Å². The number of carbonyl (C=O) groups excluding carboxylic acids is 16. The fraction of sp³-hybridized carbons (Fsp3) is 0.471. The van der Waals surface area contributed by atoms with Crippen molar-refractivity contribution in [2.24, 2.45) is 11.7 Å². The average molecular weight is 2600 g/mol. The van der Waals surface area contributed by atoms with E-state index in [1.807, 2.05) is 19.9 Å². The number of nitrogens with two attached hydrogens (primary N) is 1. The molecule has 0 fully saturated rings. The van der Waals surface area contributed by atoms with Gasteiger partial charge < -0.3 is 0 Å². The number of aliphatic hydroxyl groups excluding tert-OH is 6. The molecule has 0 bridgehead atoms. The number of carboxylic acids is 2. The van der Waals surface area contributed by atoms with Crippen molar-refractivity contribution >= 4 is 164 Å². The molecule has 0 unspecified atom stereocenters. The third-order valence-corrected chi connectivity index (χ3v) is 25.5. The molecular formula is C68H97I7N7O29S7-7. The second-order valence-electron chi connectivity index (χ2n) is 23.1. The number of carbonyl (C=O) groups is 18. The Bertz CT molecular complexity index is 3720. The number of esters is 3. The van der Waals surface area contributed by atoms with Gasteiger partial charge in [-0.05, 0) is 0 Å². The van der Waals surface area contributed by atoms with Gasteiger partial charge in [0.05, 0.1) is 0 Å². The number of hydrogen-bond donors (Lipinski definition) is 15. The van der Waals surface area contributed by atoms with Gasteiger partial charge in [0.2, 0.25) is 0 Å². The summed E-state index contributed by atoms with van der Waals surface area (Å²) >= 11 is -6.58. The zero-order valence-electron chi connectivity index (χ0n) is 70.3. The molecule has 3 aromatic carbocycles. The SMILES string of the molecule is [3H][I-]SC(=O)CCNC(=O)C[C@H](O)C(=O)O.[3H][I-]SC(=O)CCNC(=O)C[C@H](O)C(=O)O.[3H][I-]SC(=O)CCNC(=O)[C@@H](O)c1ccccc1.[3H][I-]SC(=O)CCNC(=O)[C@H](C)O.[3H][I-]SC(=O)[C@@H](OC(=O)CCNC(=O)[C@H](C)O)c1ccccc1.[3H][I-]SC(=O)[C@H](C)OC(=O)[C@H](CC(C)C)NC(=O)[C@H](C)O.[3H][I-]SC(=O)[C@H](OC(=O)CCN)c1ccccc1. The van der Waals surface area contributed by atoms with Crippen LogP contribution in [-0.4, -0.2) is 228 Å². The number of halogens is 7. The summed E-state index contributed by atoms with van der Waals surface area (Å²) in [6.07, 6.45) is -11.1. The standard InChI is InChI=1S/C14H17INO5S.C12H21INO5S.2C11H13INO3S.2C7H11INO5S.C6H11INO3S/c1-9(17)13(19)16-8-7-11(18)21-12(14(20)22-15)10-5-3-2-4-6-10;1-6(2)5-9(14-10(16)7(3)15)11(17)19-8(4)12(18)20-13;12-17-11(15)10(16-9(14)6-7-13)8-4-2-1-3-5-8;12-17-9(14)6-7-13-11(16)10(15)8-4-2-1-3-5-8;2*8-15-6(12)1-2-9-5(11)3-4(10)7(13)14;1-4(9)6(11)8-3-2-5(10)12-7/h2-6,9,12,15,17H,7-8H2,1H3,(H,16,19);6-9,13,15H,5H2,1-4H3,(H,14,16);1-5,10,12H,6-7,13H2;1-5,10,12,15H,6-7H2,(H,13,16);2*4,8,10H,1-3H2,(H,9,11)(H,13,14);4,7,9H,2-3H2,1H3,(H,8,11)/q7*-1/t9-,12-;7-,8-,9-;2*10-;3*4-/m0010000/s1/i15T;13T;2*12T;2*8T;7T. The molecule has 3 aromatic rings. The monoisotopic (exact) mass is 2600 g/mol. The summed E-state index contributed by atoms with van der Waals surface area (Å²) in [6.45, 7) is 10.00. The summed E-state index contributed by atoms with van der Waals surface area (Å²) < 4.78 is 64.3. The number of aliphatic hydroxyl groups is 6. The van der Waals surface area contributed by atoms with Crippen LogP contribution < -0.4 is 185 Å². The van der Waals surface area contributed by atoms with Gasteiger partial charge in [-0.25, -0.2) is 0 Å². The third-order valence-electron chi connectivity index (χ3n) is 13.0. The molecule has 0 saturated carbocycles. The average Bonchev–Trinajstić information content (AvgIpc) is 0.891. The summed E-state index contributed by atoms with van der Waals surface area (Å²) in [5.74, 6) is -8.10. The van der Waals surface area contributed by atoms with Crippen LogP contribution in [0.3, 0.4) is 0 Å². The first-order valence-electron chi connectivity index (χ1n) is 36.5. The molecule has 0 aliphatic carbocycles. The maximum atomic E-state index is 12.0. The quantitative estimate of drug-likeness (QED) is 0.0142. The number of amides is 6. The summed E-state index contributed by atoms with van der Waals surface area (Å²) in [5.41, 5.74) is 6.95. The van der Waals surface area contributed by atoms with E-state index in [0.29, 0.717) is 23.1 Å². The van der Waals surface area contributed by atoms with Gasteiger partial charge in [-0.1, -0.05) is 0 Å². The first-order valence-corrected chi connectivity index (χ1v) is 57.4. The topological polar surface area (TPSA) is 595 Å². The molecule has 10 atom stereocenters. The van der Waals surface area contributed by atoms with E-state index in [1.165, 1.54) is 27.7 Å². The Labute approximate surface area is 797 Å². The van der Waals surface area contributed by atoms with Crippen molar-refractivity contribution in [1.82, 2.24) is 31.9 Å². The van der Waals surface area contributed by atoms with Gasteiger partial charge in [-0.2, -0.15) is 0 Å². The summed E-state index contributed by atoms with van der Waals surface area (Å²) in [5, 5.41) is 83.8. The van der Waals surface area contributed by atoms with Crippen molar-refractivity contribution in [3.05, 3.63) is 108 Å². The second kappa shape index (κ2) is 75.2. The van der Waals surface area contributed by atoms with E-state index in [0.717, 1.165) is 62.5 Å². The Morgan fingerprint density at radius 2 is 0.712 bits per heavy atom. The third kappa shape index (κ3) is 64.5. The fourth-order valence-corrected chi connectivity index (χ4v) is 13.7. The minimum atomic E-state index is -1.72. The van der Waals surface area contributed by atoms with Gasteiger partial charge >= 0.3 is 807 Å². The van der Waals surface area contributed by atoms with Crippen molar-refractivity contribution in [1.29, 1.82) is 4.16 Å². The molecule has 6 amide bonds. The van der Waals surface area contributed by atoms with Crippen LogP contribution in [-0.2, 0) is 101 Å². The number of nitrogens with one attached hydrogen (secondary N) is 6. The number of rotatable bonds is 47. The molecule has 676 valence electrons. The molecule has 16 N–H and O–H groups in total. The normalized spacial score (nSPS) is 13.7. The zero-order valence-corrected chi connectivity index (χ0v) is 84.2. The molecule has 0 aliphatic rings. The Morgan fingerprint density at radius 1 is 0.398 bits per heavy atom. The number of carboxylic acid groups (broad SMARTS) is 2. The molecule has 0 radical (unpaired) electrons. The summed E-state index contributed by atoms with van der Waals surface area (Å²) in [4.78, 5) is 202. The van der Waals surface area contributed by atoms with Crippen molar-refractivity contribution in [3.63, 3.8) is 0 Å². The van der Waals surface area contributed by atoms with Crippen LogP contribution in [0.4, 0.5) is 0 Å². The van der Waals surface area contributed by atoms with E-state index in [4.69, 9.17) is 54.7 Å². The number of aliphatic carboxylic acids is 2. The Morgan fingerprint density at radius 3 is 1.03 bits per heavy atom. The van der Waals surface area contributed by atoms with Crippen LogP contribution in [0.1, 0.15) is 134 Å². The van der Waals surface area contributed by atoms with Crippen molar-refractivity contribution in [2.45, 2.75) is 160 Å². The Kier molecular flexibility index (Phi) is 68.2. The molecule has 0 aliphatic heterocycles. The predicted molar refractivity (Wildman–Crippen MR) is 420 cm³/mol. The van der Waals surface area contributed by atoms with E-state index in [2.05, 4.69) is 31.9 Å². The van der Waals surface area contributed by atoms with Gasteiger partial charge in [-0.3, -0.25) is 0 Å². The first kappa shape index (κ1) is 107. The Hall–Kier alpha value is -3.20. The van der Waals surface area contributed by atoms with Crippen LogP contribution in [0.15, 0.2) is 91.0 Å². The van der Waals surface area contributed by atoms with Gasteiger partial charge in [0.1, 0.15) is 0 Å². The van der Waals surface area contributed by atoms with Crippen molar-refractivity contribution < 1.29 is 288 Å². The van der Waals surface area contributed by atoms with E-state index in [1.54, 1.807) is 84.9 Å². The molecule has 118 heavy (non-hydrogen) atoms. The summed E-state index contributed by atoms with van der Waals surface area (Å²) in [7, 11) is 6.57. The number of benzene rings is 3. The maximum absolute atomic E-state index is 12.0. The molecule has 3 rings (SSSR count). The van der Waals surface area contributed by atoms with Gasteiger partial charge in [0.25, 0.3) is 0 Å². The number of hydrogen-bond acceptors (Lipinski definition) is 35. The number of ether oxygens (including phenoxy) is 3. The molecular weight excluding hydrogens is 2490 g/mol. The Balaban J connectivity index is -0.000000688. The second-order valence-corrected chi connectivity index (χ2v) is 36.5.